The molecule has 0 aliphatic heterocycles. The minimum Gasteiger partial charge on any atom is -0.495 e. The van der Waals surface area contributed by atoms with Crippen molar-refractivity contribution in [2.24, 2.45) is 11.5 Å². The van der Waals surface area contributed by atoms with Crippen LogP contribution in [0.4, 0.5) is 5.82 Å². The third-order valence-corrected chi connectivity index (χ3v) is 6.57. The van der Waals surface area contributed by atoms with Gasteiger partial charge < -0.3 is 21.9 Å². The molecule has 0 aliphatic carbocycles. The van der Waals surface area contributed by atoms with E-state index in [1.54, 1.807) is 23.0 Å². The molecule has 0 aliphatic rings. The third-order valence-electron chi connectivity index (χ3n) is 5.38. The molecule has 6 N–H and O–H groups in total. The van der Waals surface area contributed by atoms with Gasteiger partial charge in [-0.1, -0.05) is 6.07 Å². The highest BCUT2D eigenvalue weighted by Crippen LogP contribution is 2.44. The van der Waals surface area contributed by atoms with Gasteiger partial charge in [-0.25, -0.2) is 9.50 Å². The second-order valence-corrected chi connectivity index (χ2v) is 8.69. The van der Waals surface area contributed by atoms with Gasteiger partial charge in [0.15, 0.2) is 5.82 Å². The van der Waals surface area contributed by atoms with Crippen LogP contribution in [0.15, 0.2) is 24.5 Å². The summed E-state index contributed by atoms with van der Waals surface area (Å²) in [6.45, 7) is 2.01. The van der Waals surface area contributed by atoms with E-state index in [2.05, 4.69) is 22.2 Å². The summed E-state index contributed by atoms with van der Waals surface area (Å²) in [5, 5.41) is 5.43. The van der Waals surface area contributed by atoms with E-state index in [9.17, 15) is 9.59 Å². The number of fused-ring (bicyclic) bond motifs is 2. The number of hydrogen-bond donors (Lipinski definition) is 3. The van der Waals surface area contributed by atoms with Crippen LogP contribution in [-0.4, -0.2) is 33.5 Å². The molecule has 0 fully saturated rings. The lowest BCUT2D eigenvalue weighted by Crippen LogP contribution is -2.14. The Morgan fingerprint density at radius 1 is 1.12 bits per heavy atom. The third kappa shape index (κ3) is 3.84. The van der Waals surface area contributed by atoms with Crippen molar-refractivity contribution in [3.05, 3.63) is 41.3 Å². The second kappa shape index (κ2) is 8.46. The topological polar surface area (TPSA) is 152 Å². The number of thiophene rings is 1. The quantitative estimate of drug-likeness (QED) is 0.373. The van der Waals surface area contributed by atoms with Crippen LogP contribution in [0.3, 0.4) is 0 Å². The van der Waals surface area contributed by atoms with Crippen LogP contribution >= 0.6 is 11.3 Å². The van der Waals surface area contributed by atoms with E-state index < -0.39 is 11.8 Å². The maximum atomic E-state index is 11.6. The number of benzene rings is 1. The molecule has 9 nitrogen and oxygen atoms in total. The van der Waals surface area contributed by atoms with Crippen LogP contribution in [-0.2, 0) is 22.4 Å². The summed E-state index contributed by atoms with van der Waals surface area (Å²) >= 11 is 1.56. The fraction of sp³-hybridized carbons (Fsp3) is 0.273. The summed E-state index contributed by atoms with van der Waals surface area (Å²) in [4.78, 5) is 28.3. The molecular formula is C22H24N6O3S. The van der Waals surface area contributed by atoms with E-state index >= 15 is 0 Å². The van der Waals surface area contributed by atoms with Crippen molar-refractivity contribution in [1.29, 1.82) is 0 Å². The number of rotatable bonds is 8. The SMILES string of the molecule is COc1cc(C)cc2cc(-c3c(CCC(N)=O)c(CCC(N)=O)n4ncnc(N)c34)sc12. The van der Waals surface area contributed by atoms with E-state index in [-0.39, 0.29) is 12.8 Å². The molecule has 3 heterocycles. The zero-order valence-electron chi connectivity index (χ0n) is 17.8. The predicted octanol–water partition coefficient (Wildman–Crippen LogP) is 2.35. The number of ether oxygens (including phenoxy) is 1. The number of aromatic nitrogens is 3. The lowest BCUT2D eigenvalue weighted by molar-refractivity contribution is -0.118. The van der Waals surface area contributed by atoms with Crippen LogP contribution in [0.1, 0.15) is 29.7 Å². The predicted molar refractivity (Wildman–Crippen MR) is 125 cm³/mol. The van der Waals surface area contributed by atoms with Gasteiger partial charge in [0, 0.05) is 29.0 Å². The number of carbonyl (C=O) groups is 2. The summed E-state index contributed by atoms with van der Waals surface area (Å²) in [5.74, 6) is 0.254. The van der Waals surface area contributed by atoms with Gasteiger partial charge in [-0.15, -0.1) is 11.3 Å². The smallest absolute Gasteiger partial charge is 0.217 e. The van der Waals surface area contributed by atoms with Crippen LogP contribution < -0.4 is 21.9 Å². The molecule has 0 saturated carbocycles. The highest BCUT2D eigenvalue weighted by molar-refractivity contribution is 7.22. The maximum absolute atomic E-state index is 11.6. The maximum Gasteiger partial charge on any atom is 0.217 e. The van der Waals surface area contributed by atoms with Crippen LogP contribution in [0, 0.1) is 6.92 Å². The van der Waals surface area contributed by atoms with E-state index in [1.807, 2.05) is 13.0 Å². The van der Waals surface area contributed by atoms with Crippen molar-refractivity contribution >= 4 is 44.6 Å². The fourth-order valence-corrected chi connectivity index (χ4v) is 5.25. The molecule has 0 bridgehead atoms. The first-order chi connectivity index (χ1) is 15.3. The van der Waals surface area contributed by atoms with E-state index in [0.717, 1.165) is 43.1 Å². The number of hydrogen-bond acceptors (Lipinski definition) is 7. The molecule has 3 aromatic heterocycles. The van der Waals surface area contributed by atoms with Crippen LogP contribution in [0.2, 0.25) is 0 Å². The Hall–Kier alpha value is -3.66. The van der Waals surface area contributed by atoms with Gasteiger partial charge in [-0.3, -0.25) is 9.59 Å². The Labute approximate surface area is 188 Å². The highest BCUT2D eigenvalue weighted by Gasteiger charge is 2.25. The normalized spacial score (nSPS) is 11.3. The molecule has 0 saturated heterocycles. The lowest BCUT2D eigenvalue weighted by Gasteiger charge is -2.05. The van der Waals surface area contributed by atoms with Crippen molar-refractivity contribution in [1.82, 2.24) is 14.6 Å². The molecule has 0 spiro atoms. The van der Waals surface area contributed by atoms with E-state index in [4.69, 9.17) is 21.9 Å². The molecule has 4 rings (SSSR count). The largest absolute Gasteiger partial charge is 0.495 e. The van der Waals surface area contributed by atoms with Crippen LogP contribution in [0.5, 0.6) is 5.75 Å². The average Bonchev–Trinajstić information content (AvgIpc) is 3.29. The first-order valence-electron chi connectivity index (χ1n) is 10.1. The zero-order chi connectivity index (χ0) is 23.0. The molecule has 4 aromatic rings. The van der Waals surface area contributed by atoms with Gasteiger partial charge >= 0.3 is 0 Å². The lowest BCUT2D eigenvalue weighted by atomic mass is 10.00. The number of amides is 2. The monoisotopic (exact) mass is 452 g/mol. The molecule has 0 radical (unpaired) electrons. The Kier molecular flexibility index (Phi) is 5.70. The van der Waals surface area contributed by atoms with Gasteiger partial charge in [0.05, 0.1) is 11.8 Å². The first-order valence-corrected chi connectivity index (χ1v) is 10.9. The van der Waals surface area contributed by atoms with Gasteiger partial charge in [0.1, 0.15) is 17.6 Å². The Balaban J connectivity index is 2.03. The van der Waals surface area contributed by atoms with E-state index in [1.165, 1.54) is 6.33 Å². The Morgan fingerprint density at radius 2 is 1.84 bits per heavy atom. The Morgan fingerprint density at radius 3 is 2.53 bits per heavy atom. The standard InChI is InChI=1S/C22H24N6O3S/c1-11-7-12-9-16(32-21(12)15(8-11)31-2)19-13(3-5-17(23)29)14(4-6-18(24)30)28-20(19)22(25)26-10-27-28/h7-10H,3-6H2,1-2H3,(H2,23,29)(H2,24,30)(H2,25,26,27). The zero-order valence-corrected chi connectivity index (χ0v) is 18.7. The molecule has 2 amide bonds. The molecule has 166 valence electrons. The number of nitrogens with zero attached hydrogens (tertiary/aromatic N) is 3. The van der Waals surface area contributed by atoms with E-state index in [0.29, 0.717) is 24.2 Å². The van der Waals surface area contributed by atoms with Crippen molar-refractivity contribution in [2.75, 3.05) is 12.8 Å². The Bertz CT molecular complexity index is 1360. The summed E-state index contributed by atoms with van der Waals surface area (Å²) in [6.07, 6.45) is 2.39. The minimum atomic E-state index is -0.425. The van der Waals surface area contributed by atoms with Gasteiger partial charge in [0.2, 0.25) is 11.8 Å². The number of primary amides is 2. The molecule has 10 heteroatoms. The van der Waals surface area contributed by atoms with Gasteiger partial charge in [-0.05, 0) is 48.4 Å². The average molecular weight is 453 g/mol. The van der Waals surface area contributed by atoms with Crippen molar-refractivity contribution in [2.45, 2.75) is 32.6 Å². The number of nitrogen functional groups attached to an aromatic ring is 1. The minimum absolute atomic E-state index is 0.137. The van der Waals surface area contributed by atoms with Crippen molar-refractivity contribution in [3.8, 4) is 16.2 Å². The molecule has 0 atom stereocenters. The highest BCUT2D eigenvalue weighted by atomic mass is 32.1. The molecular weight excluding hydrogens is 428 g/mol. The number of methoxy groups -OCH3 is 1. The van der Waals surface area contributed by atoms with Crippen molar-refractivity contribution < 1.29 is 14.3 Å². The summed E-state index contributed by atoms with van der Waals surface area (Å²) in [7, 11) is 1.65. The molecule has 32 heavy (non-hydrogen) atoms. The van der Waals surface area contributed by atoms with Gasteiger partial charge in [-0.2, -0.15) is 5.10 Å². The summed E-state index contributed by atoms with van der Waals surface area (Å²) in [5.41, 5.74) is 21.3. The van der Waals surface area contributed by atoms with Crippen molar-refractivity contribution in [3.63, 3.8) is 0 Å². The summed E-state index contributed by atoms with van der Waals surface area (Å²) in [6, 6.07) is 6.15. The molecule has 1 aromatic carbocycles. The van der Waals surface area contributed by atoms with Crippen LogP contribution in [0.25, 0.3) is 26.0 Å². The van der Waals surface area contributed by atoms with Gasteiger partial charge in [0.25, 0.3) is 0 Å². The second-order valence-electron chi connectivity index (χ2n) is 7.63. The number of carbonyl (C=O) groups excluding carboxylic acids is 2. The number of anilines is 1. The fourth-order valence-electron chi connectivity index (χ4n) is 4.04. The molecule has 0 unspecified atom stereocenters. The number of aryl methyl sites for hydroxylation is 2. The number of nitrogens with two attached hydrogens (primary N) is 3. The summed E-state index contributed by atoms with van der Waals surface area (Å²) < 4.78 is 8.29. The first kappa shape index (κ1) is 21.6.